The van der Waals surface area contributed by atoms with Crippen molar-refractivity contribution in [3.8, 4) is 0 Å². The van der Waals surface area contributed by atoms with Gasteiger partial charge in [0, 0.05) is 39.6 Å². The Bertz CT molecular complexity index is 742. The molecule has 0 spiro atoms. The first-order valence-corrected chi connectivity index (χ1v) is 12.5. The van der Waals surface area contributed by atoms with Gasteiger partial charge in [0.25, 0.3) is 0 Å². The van der Waals surface area contributed by atoms with Crippen LogP contribution >= 0.6 is 0 Å². The van der Waals surface area contributed by atoms with Crippen LogP contribution < -0.4 is 10.2 Å². The molecule has 0 radical (unpaired) electrons. The van der Waals surface area contributed by atoms with E-state index in [2.05, 4.69) is 27.0 Å². The number of carbonyl (C=O) groups excluding carboxylic acids is 1. The molecule has 1 amide bonds. The molecule has 0 unspecified atom stereocenters. The molecular formula is C25H41FN4O. The molecule has 1 saturated heterocycles. The molecule has 31 heavy (non-hydrogen) atoms. The number of piperazine rings is 1. The van der Waals surface area contributed by atoms with Gasteiger partial charge in [-0.3, -0.25) is 9.69 Å². The summed E-state index contributed by atoms with van der Waals surface area (Å²) in [6.07, 6.45) is 10.6. The maximum absolute atomic E-state index is 13.3. The Labute approximate surface area is 188 Å². The number of unbranched alkanes of at least 4 members (excludes halogenated alkanes) is 1. The normalized spacial score (nSPS) is 29.0. The van der Waals surface area contributed by atoms with Crippen molar-refractivity contribution in [3.05, 3.63) is 24.1 Å². The molecule has 3 aliphatic rings. The Hall–Kier alpha value is -1.69. The van der Waals surface area contributed by atoms with Crippen LogP contribution in [-0.2, 0) is 4.79 Å². The van der Waals surface area contributed by atoms with E-state index in [-0.39, 0.29) is 6.84 Å². The van der Waals surface area contributed by atoms with Crippen LogP contribution in [0.5, 0.6) is 0 Å². The maximum Gasteiger partial charge on any atom is 0.226 e. The van der Waals surface area contributed by atoms with Crippen LogP contribution in [0.15, 0.2) is 18.2 Å². The molecule has 174 valence electrons. The summed E-state index contributed by atoms with van der Waals surface area (Å²) in [4.78, 5) is 21.7. The molecule has 1 aliphatic heterocycles. The molecule has 0 aromatic carbocycles. The first kappa shape index (κ1) is 22.5. The molecule has 6 heteroatoms. The third-order valence-electron chi connectivity index (χ3n) is 7.94. The number of rotatable bonds is 8. The third kappa shape index (κ3) is 5.57. The van der Waals surface area contributed by atoms with Crippen LogP contribution in [0.2, 0.25) is 0 Å². The number of hydrogen-bond donors (Lipinski definition) is 1. The summed E-state index contributed by atoms with van der Waals surface area (Å²) in [7, 11) is 0. The number of fused-ring (bicyclic) bond motifs is 2. The van der Waals surface area contributed by atoms with Crippen molar-refractivity contribution < 1.29 is 10.6 Å². The van der Waals surface area contributed by atoms with E-state index in [1.807, 2.05) is 6.07 Å². The second-order valence-electron chi connectivity index (χ2n) is 10.1. The maximum atomic E-state index is 13.3. The van der Waals surface area contributed by atoms with Crippen molar-refractivity contribution in [1.29, 1.82) is 0 Å². The summed E-state index contributed by atoms with van der Waals surface area (Å²) in [5, 5.41) is 3.31. The largest absolute Gasteiger partial charge is 0.356 e. The molecule has 2 bridgehead atoms. The monoisotopic (exact) mass is 432 g/mol. The second kappa shape index (κ2) is 10.3. The van der Waals surface area contributed by atoms with E-state index in [1.54, 1.807) is 6.07 Å². The van der Waals surface area contributed by atoms with Crippen LogP contribution in [0.3, 0.4) is 0 Å². The minimum Gasteiger partial charge on any atom is -0.356 e. The highest BCUT2D eigenvalue weighted by molar-refractivity contribution is 5.82. The van der Waals surface area contributed by atoms with Gasteiger partial charge in [-0.2, -0.15) is 4.39 Å². The van der Waals surface area contributed by atoms with E-state index in [0.717, 1.165) is 89.0 Å². The molecule has 3 fully saturated rings. The van der Waals surface area contributed by atoms with E-state index in [0.29, 0.717) is 5.91 Å². The third-order valence-corrected chi connectivity index (χ3v) is 7.94. The van der Waals surface area contributed by atoms with Crippen LogP contribution in [0.4, 0.5) is 10.2 Å². The molecule has 2 heterocycles. The van der Waals surface area contributed by atoms with Gasteiger partial charge in [-0.05, 0) is 69.0 Å². The van der Waals surface area contributed by atoms with E-state index in [9.17, 15) is 9.18 Å². The van der Waals surface area contributed by atoms with Crippen molar-refractivity contribution in [2.75, 3.05) is 44.2 Å². The number of halogens is 1. The van der Waals surface area contributed by atoms with Crippen molar-refractivity contribution in [1.82, 2.24) is 15.2 Å². The topological polar surface area (TPSA) is 48.5 Å². The average Bonchev–Trinajstić information content (AvgIpc) is 2.78. The molecule has 1 aromatic rings. The molecule has 5 nitrogen and oxygen atoms in total. The summed E-state index contributed by atoms with van der Waals surface area (Å²) in [5.41, 5.74) is -0.0663. The van der Waals surface area contributed by atoms with Gasteiger partial charge in [-0.15, -0.1) is 0 Å². The van der Waals surface area contributed by atoms with Crippen molar-refractivity contribution >= 4 is 11.7 Å². The number of nitrogens with zero attached hydrogens (tertiary/aromatic N) is 3. The first-order chi connectivity index (χ1) is 15.1. The molecule has 1 aromatic heterocycles. The van der Waals surface area contributed by atoms with Gasteiger partial charge in [0.2, 0.25) is 11.9 Å². The standard InChI is InChI=1S/C25H39FN4O.H2/c1-2-20-17-21-7-6-10-25(18-20,19-21)24(31)27-11-3-4-12-29-13-15-30(16-14-29)23-9-5-8-22(26)28-23;/h5,8-9,20-21H,2-4,6-7,10-19H2,1H3,(H,27,31);1H/t20-,21+,25+;/m1./s1. The van der Waals surface area contributed by atoms with Crippen LogP contribution in [0, 0.1) is 23.2 Å². The number of pyridine rings is 1. The zero-order valence-electron chi connectivity index (χ0n) is 19.1. The Balaban J connectivity index is 0.00000289. The lowest BCUT2D eigenvalue weighted by atomic mass is 9.58. The zero-order valence-corrected chi connectivity index (χ0v) is 19.1. The SMILES string of the molecule is CC[C@@H]1C[C@@H]2CCC[C@](C(=O)NCCCCN3CCN(c4cccc(F)n4)CC3)(C1)C2.[HH]. The first-order valence-electron chi connectivity index (χ1n) is 12.5. The quantitative estimate of drug-likeness (QED) is 0.486. The van der Waals surface area contributed by atoms with Gasteiger partial charge in [0.15, 0.2) is 0 Å². The minimum atomic E-state index is -0.413. The lowest BCUT2D eigenvalue weighted by Crippen LogP contribution is -2.48. The summed E-state index contributed by atoms with van der Waals surface area (Å²) >= 11 is 0. The van der Waals surface area contributed by atoms with Crippen LogP contribution in [0.25, 0.3) is 0 Å². The van der Waals surface area contributed by atoms with Crippen molar-refractivity contribution in [3.63, 3.8) is 0 Å². The zero-order chi connectivity index (χ0) is 21.7. The number of carbonyl (C=O) groups is 1. The van der Waals surface area contributed by atoms with Crippen molar-refractivity contribution in [2.45, 2.75) is 64.7 Å². The highest BCUT2D eigenvalue weighted by Gasteiger charge is 2.47. The number of aromatic nitrogens is 1. The molecule has 4 rings (SSSR count). The Morgan fingerprint density at radius 1 is 1.26 bits per heavy atom. The Kier molecular flexibility index (Phi) is 7.47. The molecule has 2 aliphatic carbocycles. The Morgan fingerprint density at radius 3 is 2.87 bits per heavy atom. The lowest BCUT2D eigenvalue weighted by molar-refractivity contribution is -0.138. The number of nitrogens with one attached hydrogen (secondary N) is 1. The van der Waals surface area contributed by atoms with Gasteiger partial charge in [0.1, 0.15) is 5.82 Å². The summed E-state index contributed by atoms with van der Waals surface area (Å²) < 4.78 is 13.3. The molecular weight excluding hydrogens is 391 g/mol. The summed E-state index contributed by atoms with van der Waals surface area (Å²) in [6, 6.07) is 4.99. The predicted molar refractivity (Wildman–Crippen MR) is 125 cm³/mol. The van der Waals surface area contributed by atoms with Crippen molar-refractivity contribution in [2.24, 2.45) is 17.3 Å². The van der Waals surface area contributed by atoms with Gasteiger partial charge < -0.3 is 10.2 Å². The predicted octanol–water partition coefficient (Wildman–Crippen LogP) is 4.48. The average molecular weight is 433 g/mol. The minimum absolute atomic E-state index is 0. The number of hydrogen-bond acceptors (Lipinski definition) is 4. The fourth-order valence-electron chi connectivity index (χ4n) is 6.21. The molecule has 2 saturated carbocycles. The summed E-state index contributed by atoms with van der Waals surface area (Å²) in [5.74, 6) is 2.18. The highest BCUT2D eigenvalue weighted by Crippen LogP contribution is 2.51. The van der Waals surface area contributed by atoms with E-state index in [4.69, 9.17) is 0 Å². The van der Waals surface area contributed by atoms with Gasteiger partial charge in [-0.25, -0.2) is 4.98 Å². The van der Waals surface area contributed by atoms with Crippen LogP contribution in [-0.4, -0.2) is 55.1 Å². The Morgan fingerprint density at radius 2 is 2.10 bits per heavy atom. The number of anilines is 1. The fraction of sp³-hybridized carbons (Fsp3) is 0.760. The van der Waals surface area contributed by atoms with Crippen LogP contribution in [0.1, 0.15) is 66.1 Å². The van der Waals surface area contributed by atoms with Gasteiger partial charge in [-0.1, -0.05) is 32.3 Å². The van der Waals surface area contributed by atoms with Gasteiger partial charge in [0.05, 0.1) is 0 Å². The molecule has 1 N–H and O–H groups in total. The van der Waals surface area contributed by atoms with E-state index in [1.165, 1.54) is 31.7 Å². The summed E-state index contributed by atoms with van der Waals surface area (Å²) in [6.45, 7) is 7.87. The lowest BCUT2D eigenvalue weighted by Gasteiger charge is -2.47. The second-order valence-corrected chi connectivity index (χ2v) is 10.1. The van der Waals surface area contributed by atoms with E-state index < -0.39 is 5.95 Å². The smallest absolute Gasteiger partial charge is 0.226 e. The molecule has 3 atom stereocenters. The highest BCUT2D eigenvalue weighted by atomic mass is 19.1. The fourth-order valence-corrected chi connectivity index (χ4v) is 6.21. The van der Waals surface area contributed by atoms with Gasteiger partial charge >= 0.3 is 0 Å². The number of amides is 1. The van der Waals surface area contributed by atoms with E-state index >= 15 is 0 Å².